The Bertz CT molecular complexity index is 781. The summed E-state index contributed by atoms with van der Waals surface area (Å²) in [6, 6.07) is 13.8. The maximum atomic E-state index is 12.6. The number of carbonyl (C=O) groups is 2. The van der Waals surface area contributed by atoms with Crippen LogP contribution in [-0.2, 0) is 9.59 Å². The highest BCUT2D eigenvalue weighted by atomic mass is 16.2. The molecule has 3 rings (SSSR count). The Morgan fingerprint density at radius 2 is 1.71 bits per heavy atom. The number of aryl methyl sites for hydroxylation is 3. The fraction of sp³-hybridized carbons (Fsp3) is 0.300. The van der Waals surface area contributed by atoms with Crippen molar-refractivity contribution in [3.05, 3.63) is 59.2 Å². The topological polar surface area (TPSA) is 49.4 Å². The zero-order valence-electron chi connectivity index (χ0n) is 14.3. The number of anilines is 2. The first-order valence-electron chi connectivity index (χ1n) is 8.19. The normalized spacial score (nSPS) is 17.2. The summed E-state index contributed by atoms with van der Waals surface area (Å²) in [7, 11) is 0. The van der Waals surface area contributed by atoms with E-state index >= 15 is 0 Å². The van der Waals surface area contributed by atoms with Crippen LogP contribution >= 0.6 is 0 Å². The molecule has 0 spiro atoms. The Hall–Kier alpha value is -2.62. The molecule has 0 aromatic heterocycles. The summed E-state index contributed by atoms with van der Waals surface area (Å²) in [5.41, 5.74) is 4.94. The van der Waals surface area contributed by atoms with Gasteiger partial charge in [-0.05, 0) is 50.1 Å². The Balaban J connectivity index is 1.72. The van der Waals surface area contributed by atoms with E-state index in [1.165, 1.54) is 0 Å². The van der Waals surface area contributed by atoms with E-state index in [-0.39, 0.29) is 24.2 Å². The Morgan fingerprint density at radius 3 is 2.42 bits per heavy atom. The number of amides is 2. The van der Waals surface area contributed by atoms with Gasteiger partial charge < -0.3 is 10.2 Å². The zero-order chi connectivity index (χ0) is 17.3. The summed E-state index contributed by atoms with van der Waals surface area (Å²) in [6.45, 7) is 6.40. The van der Waals surface area contributed by atoms with Crippen LogP contribution in [0.2, 0.25) is 0 Å². The maximum Gasteiger partial charge on any atom is 0.229 e. The molecule has 1 N–H and O–H groups in total. The van der Waals surface area contributed by atoms with Crippen LogP contribution in [0.5, 0.6) is 0 Å². The molecule has 0 bridgehead atoms. The summed E-state index contributed by atoms with van der Waals surface area (Å²) in [5, 5.41) is 2.98. The third-order valence-electron chi connectivity index (χ3n) is 4.49. The van der Waals surface area contributed by atoms with Crippen LogP contribution in [0.1, 0.15) is 23.1 Å². The van der Waals surface area contributed by atoms with Crippen molar-refractivity contribution < 1.29 is 9.59 Å². The highest BCUT2D eigenvalue weighted by Gasteiger charge is 2.35. The molecule has 4 nitrogen and oxygen atoms in total. The lowest BCUT2D eigenvalue weighted by Crippen LogP contribution is -2.28. The van der Waals surface area contributed by atoms with Crippen molar-refractivity contribution in [1.82, 2.24) is 0 Å². The molecule has 0 radical (unpaired) electrons. The van der Waals surface area contributed by atoms with E-state index in [0.29, 0.717) is 6.54 Å². The maximum absolute atomic E-state index is 12.6. The van der Waals surface area contributed by atoms with Crippen LogP contribution in [0, 0.1) is 26.7 Å². The quantitative estimate of drug-likeness (QED) is 0.938. The lowest BCUT2D eigenvalue weighted by molar-refractivity contribution is -0.122. The van der Waals surface area contributed by atoms with E-state index in [1.54, 1.807) is 4.90 Å². The largest absolute Gasteiger partial charge is 0.326 e. The Kier molecular flexibility index (Phi) is 4.38. The van der Waals surface area contributed by atoms with Crippen molar-refractivity contribution in [2.75, 3.05) is 16.8 Å². The minimum absolute atomic E-state index is 0.0000303. The van der Waals surface area contributed by atoms with Gasteiger partial charge in [0.05, 0.1) is 5.92 Å². The van der Waals surface area contributed by atoms with Gasteiger partial charge in [0.2, 0.25) is 11.8 Å². The number of carbonyl (C=O) groups excluding carboxylic acids is 2. The van der Waals surface area contributed by atoms with Gasteiger partial charge >= 0.3 is 0 Å². The monoisotopic (exact) mass is 322 g/mol. The lowest BCUT2D eigenvalue weighted by atomic mass is 10.1. The first kappa shape index (κ1) is 16.2. The van der Waals surface area contributed by atoms with E-state index in [9.17, 15) is 9.59 Å². The second-order valence-electron chi connectivity index (χ2n) is 6.55. The van der Waals surface area contributed by atoms with Gasteiger partial charge in [-0.1, -0.05) is 29.8 Å². The Labute approximate surface area is 142 Å². The molecule has 1 heterocycles. The van der Waals surface area contributed by atoms with Crippen molar-refractivity contribution in [2.24, 2.45) is 5.92 Å². The highest BCUT2D eigenvalue weighted by molar-refractivity contribution is 6.03. The molecule has 1 aliphatic rings. The zero-order valence-corrected chi connectivity index (χ0v) is 14.3. The van der Waals surface area contributed by atoms with Gasteiger partial charge in [-0.25, -0.2) is 0 Å². The summed E-state index contributed by atoms with van der Waals surface area (Å²) in [5.74, 6) is -0.412. The van der Waals surface area contributed by atoms with Gasteiger partial charge in [-0.3, -0.25) is 9.59 Å². The summed E-state index contributed by atoms with van der Waals surface area (Å²) >= 11 is 0. The number of hydrogen-bond donors (Lipinski definition) is 1. The summed E-state index contributed by atoms with van der Waals surface area (Å²) in [6.07, 6.45) is 0.255. The second kappa shape index (κ2) is 6.48. The van der Waals surface area contributed by atoms with E-state index in [1.807, 2.05) is 63.2 Å². The molecule has 2 amide bonds. The standard InChI is InChI=1S/C20H22N2O2/c1-13-5-8-17(9-6-13)22-12-16(11-19(22)23)20(24)21-18-10-14(2)4-7-15(18)3/h4-10,16H,11-12H2,1-3H3,(H,21,24)/t16-/m1/s1. The molecule has 2 aromatic rings. The van der Waals surface area contributed by atoms with Crippen LogP contribution in [0.25, 0.3) is 0 Å². The lowest BCUT2D eigenvalue weighted by Gasteiger charge is -2.17. The molecular formula is C20H22N2O2. The third-order valence-corrected chi connectivity index (χ3v) is 4.49. The van der Waals surface area contributed by atoms with Gasteiger partial charge in [-0.2, -0.15) is 0 Å². The predicted molar refractivity (Wildman–Crippen MR) is 96.2 cm³/mol. The van der Waals surface area contributed by atoms with Crippen molar-refractivity contribution >= 4 is 23.2 Å². The van der Waals surface area contributed by atoms with E-state index in [2.05, 4.69) is 5.32 Å². The molecule has 1 aliphatic heterocycles. The van der Waals surface area contributed by atoms with Crippen LogP contribution < -0.4 is 10.2 Å². The molecule has 0 saturated carbocycles. The SMILES string of the molecule is Cc1ccc(N2C[C@H](C(=O)Nc3cc(C)ccc3C)CC2=O)cc1. The molecule has 0 aliphatic carbocycles. The number of benzene rings is 2. The van der Waals surface area contributed by atoms with Crippen LogP contribution in [0.3, 0.4) is 0 Å². The number of rotatable bonds is 3. The van der Waals surface area contributed by atoms with Crippen LogP contribution in [0.4, 0.5) is 11.4 Å². The smallest absolute Gasteiger partial charge is 0.229 e. The van der Waals surface area contributed by atoms with Gasteiger partial charge in [0.1, 0.15) is 0 Å². The average molecular weight is 322 g/mol. The minimum Gasteiger partial charge on any atom is -0.326 e. The van der Waals surface area contributed by atoms with Crippen LogP contribution in [0.15, 0.2) is 42.5 Å². The van der Waals surface area contributed by atoms with Gasteiger partial charge in [0, 0.05) is 24.3 Å². The molecular weight excluding hydrogens is 300 g/mol. The molecule has 1 saturated heterocycles. The van der Waals surface area contributed by atoms with Gasteiger partial charge in [-0.15, -0.1) is 0 Å². The van der Waals surface area contributed by atoms with Crippen LogP contribution in [-0.4, -0.2) is 18.4 Å². The third kappa shape index (κ3) is 3.32. The number of hydrogen-bond acceptors (Lipinski definition) is 2. The molecule has 24 heavy (non-hydrogen) atoms. The summed E-state index contributed by atoms with van der Waals surface area (Å²) < 4.78 is 0. The van der Waals surface area contributed by atoms with E-state index in [0.717, 1.165) is 28.1 Å². The van der Waals surface area contributed by atoms with Crippen molar-refractivity contribution in [3.8, 4) is 0 Å². The number of nitrogens with one attached hydrogen (secondary N) is 1. The van der Waals surface area contributed by atoms with E-state index in [4.69, 9.17) is 0 Å². The first-order valence-corrected chi connectivity index (χ1v) is 8.19. The van der Waals surface area contributed by atoms with Crippen molar-refractivity contribution in [2.45, 2.75) is 27.2 Å². The van der Waals surface area contributed by atoms with Crippen molar-refractivity contribution in [3.63, 3.8) is 0 Å². The first-order chi connectivity index (χ1) is 11.4. The van der Waals surface area contributed by atoms with Gasteiger partial charge in [0.25, 0.3) is 0 Å². The molecule has 4 heteroatoms. The molecule has 0 unspecified atom stereocenters. The number of nitrogens with zero attached hydrogens (tertiary/aromatic N) is 1. The fourth-order valence-corrected chi connectivity index (χ4v) is 2.96. The van der Waals surface area contributed by atoms with Gasteiger partial charge in [0.15, 0.2) is 0 Å². The average Bonchev–Trinajstić information content (AvgIpc) is 2.94. The molecule has 1 fully saturated rings. The predicted octanol–water partition coefficient (Wildman–Crippen LogP) is 3.60. The van der Waals surface area contributed by atoms with E-state index < -0.39 is 0 Å². The molecule has 124 valence electrons. The minimum atomic E-state index is -0.321. The summed E-state index contributed by atoms with van der Waals surface area (Å²) in [4.78, 5) is 26.6. The highest BCUT2D eigenvalue weighted by Crippen LogP contribution is 2.27. The fourth-order valence-electron chi connectivity index (χ4n) is 2.96. The van der Waals surface area contributed by atoms with Crippen molar-refractivity contribution in [1.29, 1.82) is 0 Å². The molecule has 2 aromatic carbocycles. The molecule has 1 atom stereocenters. The Morgan fingerprint density at radius 1 is 1.04 bits per heavy atom. The second-order valence-corrected chi connectivity index (χ2v) is 6.55.